The highest BCUT2D eigenvalue weighted by Gasteiger charge is 2.21. The Labute approximate surface area is 131 Å². The van der Waals surface area contributed by atoms with Crippen molar-refractivity contribution < 1.29 is 13.7 Å². The fourth-order valence-corrected chi connectivity index (χ4v) is 2.19. The highest BCUT2D eigenvalue weighted by atomic mass is 19.1. The van der Waals surface area contributed by atoms with Crippen LogP contribution in [0, 0.1) is 21.7 Å². The zero-order valence-electron chi connectivity index (χ0n) is 12.2. The number of anilines is 2. The summed E-state index contributed by atoms with van der Waals surface area (Å²) >= 11 is 0. The zero-order valence-corrected chi connectivity index (χ0v) is 12.2. The van der Waals surface area contributed by atoms with Crippen LogP contribution in [0.2, 0.25) is 0 Å². The summed E-state index contributed by atoms with van der Waals surface area (Å²) in [6, 6.07) is 8.24. The molecule has 0 fully saturated rings. The van der Waals surface area contributed by atoms with E-state index in [4.69, 9.17) is 5.73 Å². The zero-order chi connectivity index (χ0) is 17.0. The lowest BCUT2D eigenvalue weighted by Gasteiger charge is -2.24. The van der Waals surface area contributed by atoms with Gasteiger partial charge in [-0.15, -0.1) is 6.58 Å². The maximum absolute atomic E-state index is 14.4. The van der Waals surface area contributed by atoms with Crippen LogP contribution in [0.1, 0.15) is 5.56 Å². The summed E-state index contributed by atoms with van der Waals surface area (Å²) in [5.74, 6) is -1.22. The van der Waals surface area contributed by atoms with Crippen LogP contribution in [-0.2, 0) is 6.54 Å². The first-order chi connectivity index (χ1) is 10.9. The minimum absolute atomic E-state index is 0.123. The molecule has 5 nitrogen and oxygen atoms in total. The maximum Gasteiger partial charge on any atom is 0.295 e. The number of nitro benzene ring substituents is 1. The van der Waals surface area contributed by atoms with E-state index in [1.54, 1.807) is 23.1 Å². The molecule has 2 rings (SSSR count). The molecule has 0 saturated carbocycles. The Morgan fingerprint density at radius 1 is 1.22 bits per heavy atom. The van der Waals surface area contributed by atoms with Crippen molar-refractivity contribution in [1.29, 1.82) is 0 Å². The Balaban J connectivity index is 2.37. The first kappa shape index (κ1) is 16.4. The van der Waals surface area contributed by atoms with Crippen LogP contribution in [0.3, 0.4) is 0 Å². The Kier molecular flexibility index (Phi) is 4.90. The van der Waals surface area contributed by atoms with Crippen molar-refractivity contribution >= 4 is 17.1 Å². The van der Waals surface area contributed by atoms with Crippen molar-refractivity contribution in [3.8, 4) is 0 Å². The third-order valence-electron chi connectivity index (χ3n) is 3.31. The van der Waals surface area contributed by atoms with Crippen molar-refractivity contribution in [1.82, 2.24) is 0 Å². The second-order valence-corrected chi connectivity index (χ2v) is 4.88. The van der Waals surface area contributed by atoms with Crippen molar-refractivity contribution in [3.63, 3.8) is 0 Å². The van der Waals surface area contributed by atoms with Crippen LogP contribution in [0.4, 0.5) is 25.8 Å². The lowest BCUT2D eigenvalue weighted by molar-refractivity contribution is -0.384. The average molecular weight is 319 g/mol. The van der Waals surface area contributed by atoms with Crippen LogP contribution in [-0.4, -0.2) is 11.5 Å². The first-order valence-corrected chi connectivity index (χ1v) is 6.76. The van der Waals surface area contributed by atoms with Gasteiger partial charge in [-0.2, -0.15) is 0 Å². The molecule has 2 N–H and O–H groups in total. The van der Waals surface area contributed by atoms with Gasteiger partial charge in [-0.1, -0.05) is 18.2 Å². The highest BCUT2D eigenvalue weighted by molar-refractivity contribution is 5.68. The van der Waals surface area contributed by atoms with E-state index in [-0.39, 0.29) is 18.0 Å². The van der Waals surface area contributed by atoms with E-state index in [2.05, 4.69) is 6.58 Å². The molecule has 120 valence electrons. The molecule has 0 aliphatic heterocycles. The number of nitrogens with zero attached hydrogens (tertiary/aromatic N) is 2. The molecule has 0 atom stereocenters. The smallest absolute Gasteiger partial charge is 0.295 e. The molecule has 0 aliphatic carbocycles. The van der Waals surface area contributed by atoms with Gasteiger partial charge in [0.25, 0.3) is 5.69 Å². The summed E-state index contributed by atoms with van der Waals surface area (Å²) in [5, 5.41) is 10.8. The van der Waals surface area contributed by atoms with Crippen molar-refractivity contribution in [2.75, 3.05) is 17.2 Å². The van der Waals surface area contributed by atoms with Crippen LogP contribution in [0.25, 0.3) is 0 Å². The molecule has 0 aromatic heterocycles. The van der Waals surface area contributed by atoms with Gasteiger partial charge in [-0.25, -0.2) is 8.78 Å². The Bertz CT molecular complexity index is 733. The molecule has 0 saturated heterocycles. The minimum Gasteiger partial charge on any atom is -0.391 e. The van der Waals surface area contributed by atoms with Gasteiger partial charge in [0.1, 0.15) is 11.5 Å². The fraction of sp³-hybridized carbons (Fsp3) is 0.125. The van der Waals surface area contributed by atoms with E-state index in [1.165, 1.54) is 18.2 Å². The molecular formula is C16H15F2N3O2. The fourth-order valence-electron chi connectivity index (χ4n) is 2.19. The van der Waals surface area contributed by atoms with Gasteiger partial charge in [-0.3, -0.25) is 10.1 Å². The largest absolute Gasteiger partial charge is 0.391 e. The predicted octanol–water partition coefficient (Wildman–Crippen LogP) is 3.65. The van der Waals surface area contributed by atoms with Crippen LogP contribution < -0.4 is 10.6 Å². The van der Waals surface area contributed by atoms with Gasteiger partial charge < -0.3 is 10.6 Å². The van der Waals surface area contributed by atoms with Gasteiger partial charge in [0, 0.05) is 19.2 Å². The molecule has 7 heteroatoms. The minimum atomic E-state index is -0.858. The maximum atomic E-state index is 14.4. The summed E-state index contributed by atoms with van der Waals surface area (Å²) in [5.41, 5.74) is 5.40. The van der Waals surface area contributed by atoms with Gasteiger partial charge in [-0.05, 0) is 23.8 Å². The van der Waals surface area contributed by atoms with Crippen molar-refractivity contribution in [2.45, 2.75) is 6.54 Å². The van der Waals surface area contributed by atoms with Crippen molar-refractivity contribution in [3.05, 3.63) is 76.4 Å². The van der Waals surface area contributed by atoms with Gasteiger partial charge >= 0.3 is 0 Å². The molecular weight excluding hydrogens is 304 g/mol. The monoisotopic (exact) mass is 319 g/mol. The second-order valence-electron chi connectivity index (χ2n) is 4.88. The number of hydrogen-bond acceptors (Lipinski definition) is 4. The Morgan fingerprint density at radius 2 is 1.87 bits per heavy atom. The summed E-state index contributed by atoms with van der Waals surface area (Å²) in [6.07, 6.45) is 1.57. The number of hydrogen-bond donors (Lipinski definition) is 1. The van der Waals surface area contributed by atoms with E-state index >= 15 is 0 Å². The second kappa shape index (κ2) is 6.87. The summed E-state index contributed by atoms with van der Waals surface area (Å²) in [7, 11) is 0. The first-order valence-electron chi connectivity index (χ1n) is 6.76. The Morgan fingerprint density at radius 3 is 2.43 bits per heavy atom. The number of nitrogens with two attached hydrogens (primary N) is 1. The van der Waals surface area contributed by atoms with E-state index < -0.39 is 22.1 Å². The van der Waals surface area contributed by atoms with Gasteiger partial charge in [0.15, 0.2) is 5.82 Å². The molecule has 23 heavy (non-hydrogen) atoms. The summed E-state index contributed by atoms with van der Waals surface area (Å²) in [4.78, 5) is 11.7. The predicted molar refractivity (Wildman–Crippen MR) is 85.1 cm³/mol. The molecule has 0 heterocycles. The molecule has 0 unspecified atom stereocenters. The molecule has 0 bridgehead atoms. The summed E-state index contributed by atoms with van der Waals surface area (Å²) in [6.45, 7) is 4.19. The van der Waals surface area contributed by atoms with E-state index in [0.29, 0.717) is 6.54 Å². The standard InChI is InChI=1S/C16H15F2N3O2/c1-2-9-20(10-11-3-5-12(17)6-4-11)13-7-8-14(21(22)23)16(19)15(13)18/h2-8H,1,9-10,19H2. The average Bonchev–Trinajstić information content (AvgIpc) is 2.51. The summed E-state index contributed by atoms with van der Waals surface area (Å²) < 4.78 is 27.4. The lowest BCUT2D eigenvalue weighted by atomic mass is 10.1. The SMILES string of the molecule is C=CCN(Cc1ccc(F)cc1)c1ccc([N+](=O)[O-])c(N)c1F. The van der Waals surface area contributed by atoms with E-state index in [0.717, 1.165) is 11.6 Å². The quantitative estimate of drug-likeness (QED) is 0.382. The van der Waals surface area contributed by atoms with Crippen LogP contribution in [0.15, 0.2) is 49.1 Å². The lowest BCUT2D eigenvalue weighted by Crippen LogP contribution is -2.24. The van der Waals surface area contributed by atoms with Crippen LogP contribution in [0.5, 0.6) is 0 Å². The highest BCUT2D eigenvalue weighted by Crippen LogP contribution is 2.32. The van der Waals surface area contributed by atoms with Crippen LogP contribution >= 0.6 is 0 Å². The topological polar surface area (TPSA) is 72.4 Å². The van der Waals surface area contributed by atoms with Crippen molar-refractivity contribution in [2.24, 2.45) is 0 Å². The molecule has 2 aromatic carbocycles. The van der Waals surface area contributed by atoms with E-state index in [1.807, 2.05) is 0 Å². The molecule has 0 spiro atoms. The van der Waals surface area contributed by atoms with Gasteiger partial charge in [0.2, 0.25) is 0 Å². The third kappa shape index (κ3) is 3.63. The number of nitro groups is 1. The normalized spacial score (nSPS) is 10.3. The molecule has 0 amide bonds. The number of nitrogen functional groups attached to an aromatic ring is 1. The molecule has 0 aliphatic rings. The molecule has 0 radical (unpaired) electrons. The number of benzene rings is 2. The molecule has 2 aromatic rings. The Hall–Kier alpha value is -2.96. The third-order valence-corrected chi connectivity index (χ3v) is 3.31. The van der Waals surface area contributed by atoms with Gasteiger partial charge in [0.05, 0.1) is 10.6 Å². The number of halogens is 2. The number of rotatable bonds is 6. The van der Waals surface area contributed by atoms with E-state index in [9.17, 15) is 18.9 Å².